The van der Waals surface area contributed by atoms with Crippen molar-refractivity contribution in [2.75, 3.05) is 31.3 Å². The molecule has 0 radical (unpaired) electrons. The van der Waals surface area contributed by atoms with E-state index in [1.807, 2.05) is 0 Å². The highest BCUT2D eigenvalue weighted by Gasteiger charge is 2.27. The van der Waals surface area contributed by atoms with Crippen LogP contribution in [0.15, 0.2) is 66.7 Å². The number of hydrogen-bond donors (Lipinski definition) is 2. The van der Waals surface area contributed by atoms with E-state index in [9.17, 15) is 35.9 Å². The SMILES string of the molecule is Nc1ccc(CCOC(=O)C=Cc2ccc(OC(=O)c3ccc(OCCCC(F)(F)F)c(OCCCC(F)(F)F)c3)cc2)c(N)c1. The first-order valence-corrected chi connectivity index (χ1v) is 14.0. The van der Waals surface area contributed by atoms with E-state index in [0.717, 1.165) is 5.56 Å². The van der Waals surface area contributed by atoms with Crippen LogP contribution in [0.2, 0.25) is 0 Å². The van der Waals surface area contributed by atoms with Gasteiger partial charge in [-0.2, -0.15) is 26.3 Å². The second-order valence-corrected chi connectivity index (χ2v) is 9.96. The molecule has 0 aromatic heterocycles. The molecule has 0 saturated heterocycles. The normalized spacial score (nSPS) is 11.8. The van der Waals surface area contributed by atoms with Crippen LogP contribution in [0.25, 0.3) is 6.08 Å². The molecule has 0 bridgehead atoms. The Kier molecular flexibility index (Phi) is 12.7. The van der Waals surface area contributed by atoms with Crippen LogP contribution in [0.4, 0.5) is 37.7 Å². The molecular weight excluding hydrogens is 622 g/mol. The zero-order chi connectivity index (χ0) is 33.7. The molecule has 0 heterocycles. The fourth-order valence-electron chi connectivity index (χ4n) is 3.90. The molecule has 0 unspecified atom stereocenters. The first kappa shape index (κ1) is 35.6. The van der Waals surface area contributed by atoms with Gasteiger partial charge in [0.15, 0.2) is 11.5 Å². The van der Waals surface area contributed by atoms with Crippen LogP contribution >= 0.6 is 0 Å². The highest BCUT2D eigenvalue weighted by atomic mass is 19.4. The van der Waals surface area contributed by atoms with Crippen molar-refractivity contribution in [3.63, 3.8) is 0 Å². The number of carbonyl (C=O) groups is 2. The summed E-state index contributed by atoms with van der Waals surface area (Å²) in [5, 5.41) is 0. The van der Waals surface area contributed by atoms with Crippen LogP contribution < -0.4 is 25.7 Å². The third-order valence-electron chi connectivity index (χ3n) is 6.19. The van der Waals surface area contributed by atoms with Gasteiger partial charge in [-0.25, -0.2) is 9.59 Å². The lowest BCUT2D eigenvalue weighted by atomic mass is 10.1. The van der Waals surface area contributed by atoms with Gasteiger partial charge in [0.05, 0.1) is 25.4 Å². The summed E-state index contributed by atoms with van der Waals surface area (Å²) >= 11 is 0. The quantitative estimate of drug-likeness (QED) is 0.0437. The lowest BCUT2D eigenvalue weighted by molar-refractivity contribution is -0.138. The molecule has 3 aromatic carbocycles. The van der Waals surface area contributed by atoms with E-state index in [4.69, 9.17) is 30.4 Å². The Morgan fingerprint density at radius 2 is 1.37 bits per heavy atom. The van der Waals surface area contributed by atoms with Gasteiger partial charge >= 0.3 is 24.3 Å². The summed E-state index contributed by atoms with van der Waals surface area (Å²) in [6, 6.07) is 14.9. The van der Waals surface area contributed by atoms with E-state index in [-0.39, 0.29) is 55.5 Å². The molecule has 0 amide bonds. The Bertz CT molecular complexity index is 1490. The minimum Gasteiger partial charge on any atom is -0.490 e. The maximum Gasteiger partial charge on any atom is 0.389 e. The fraction of sp³-hybridized carbons (Fsp3) is 0.312. The number of nitrogens with two attached hydrogens (primary N) is 2. The van der Waals surface area contributed by atoms with Crippen LogP contribution in [0.3, 0.4) is 0 Å². The van der Waals surface area contributed by atoms with Crippen LogP contribution in [0, 0.1) is 0 Å². The first-order chi connectivity index (χ1) is 21.7. The highest BCUT2D eigenvalue weighted by Crippen LogP contribution is 2.31. The van der Waals surface area contributed by atoms with Crippen molar-refractivity contribution in [1.29, 1.82) is 0 Å². The number of alkyl halides is 6. The molecule has 8 nitrogen and oxygen atoms in total. The molecule has 4 N–H and O–H groups in total. The molecule has 46 heavy (non-hydrogen) atoms. The van der Waals surface area contributed by atoms with E-state index in [1.54, 1.807) is 30.3 Å². The van der Waals surface area contributed by atoms with Gasteiger partial charge in [0.25, 0.3) is 0 Å². The maximum atomic E-state index is 12.8. The van der Waals surface area contributed by atoms with Gasteiger partial charge in [0.1, 0.15) is 5.75 Å². The summed E-state index contributed by atoms with van der Waals surface area (Å²) < 4.78 is 96.1. The number of nitrogen functional groups attached to an aromatic ring is 2. The molecular formula is C32H32F6N2O6. The average Bonchev–Trinajstić information content (AvgIpc) is 2.97. The molecule has 0 spiro atoms. The monoisotopic (exact) mass is 654 g/mol. The Labute approximate surface area is 260 Å². The van der Waals surface area contributed by atoms with Crippen molar-refractivity contribution in [2.24, 2.45) is 0 Å². The van der Waals surface area contributed by atoms with Crippen molar-refractivity contribution in [3.8, 4) is 17.2 Å². The summed E-state index contributed by atoms with van der Waals surface area (Å²) in [6.07, 6.45) is -8.55. The topological polar surface area (TPSA) is 123 Å². The number of benzene rings is 3. The zero-order valence-electron chi connectivity index (χ0n) is 24.5. The van der Waals surface area contributed by atoms with Crippen molar-refractivity contribution < 1.29 is 54.9 Å². The van der Waals surface area contributed by atoms with Crippen LogP contribution in [0.1, 0.15) is 47.2 Å². The second kappa shape index (κ2) is 16.4. The number of rotatable bonds is 15. The lowest BCUT2D eigenvalue weighted by Crippen LogP contribution is -2.12. The largest absolute Gasteiger partial charge is 0.490 e. The van der Waals surface area contributed by atoms with Gasteiger partial charge in [-0.15, -0.1) is 0 Å². The maximum absolute atomic E-state index is 12.8. The number of carbonyl (C=O) groups excluding carboxylic acids is 2. The van der Waals surface area contributed by atoms with Gasteiger partial charge in [0, 0.05) is 36.7 Å². The number of halogens is 6. The Morgan fingerprint density at radius 1 is 0.739 bits per heavy atom. The average molecular weight is 655 g/mol. The highest BCUT2D eigenvalue weighted by molar-refractivity contribution is 5.92. The standard InChI is InChI=1S/C32H32F6N2O6/c33-31(34,35)14-1-16-43-27-11-7-23(19-28(27)44-17-2-15-32(36,37)38)30(42)46-25-9-3-21(4-10-25)5-12-29(41)45-18-13-22-6-8-24(39)20-26(22)40/h3-12,19-20H,1-2,13-18,39-40H2. The van der Waals surface area contributed by atoms with Gasteiger partial charge in [-0.3, -0.25) is 0 Å². The second-order valence-electron chi connectivity index (χ2n) is 9.96. The summed E-state index contributed by atoms with van der Waals surface area (Å²) in [7, 11) is 0. The predicted molar refractivity (Wildman–Crippen MR) is 158 cm³/mol. The smallest absolute Gasteiger partial charge is 0.389 e. The third-order valence-corrected chi connectivity index (χ3v) is 6.19. The number of ether oxygens (including phenoxy) is 4. The Morgan fingerprint density at radius 3 is 1.98 bits per heavy atom. The van der Waals surface area contributed by atoms with Gasteiger partial charge in [-0.05, 0) is 72.5 Å². The fourth-order valence-corrected chi connectivity index (χ4v) is 3.90. The van der Waals surface area contributed by atoms with Crippen molar-refractivity contribution in [2.45, 2.75) is 44.5 Å². The third kappa shape index (κ3) is 13.0. The molecule has 0 aliphatic carbocycles. The van der Waals surface area contributed by atoms with Gasteiger partial charge < -0.3 is 30.4 Å². The van der Waals surface area contributed by atoms with E-state index >= 15 is 0 Å². The molecule has 0 aliphatic heterocycles. The van der Waals surface area contributed by atoms with Gasteiger partial charge in [-0.1, -0.05) is 18.2 Å². The molecule has 14 heteroatoms. The van der Waals surface area contributed by atoms with E-state index in [0.29, 0.717) is 23.4 Å². The van der Waals surface area contributed by atoms with E-state index in [1.165, 1.54) is 42.5 Å². The molecule has 0 atom stereocenters. The summed E-state index contributed by atoms with van der Waals surface area (Å²) in [4.78, 5) is 24.8. The lowest BCUT2D eigenvalue weighted by Gasteiger charge is -2.15. The Balaban J connectivity index is 1.56. The van der Waals surface area contributed by atoms with Crippen molar-refractivity contribution >= 4 is 29.4 Å². The minimum atomic E-state index is -4.39. The molecule has 0 fully saturated rings. The first-order valence-electron chi connectivity index (χ1n) is 14.0. The van der Waals surface area contributed by atoms with E-state index < -0.39 is 37.1 Å². The molecule has 248 valence electrons. The molecule has 0 aliphatic rings. The summed E-state index contributed by atoms with van der Waals surface area (Å²) in [5.41, 5.74) is 13.9. The molecule has 3 aromatic rings. The zero-order valence-corrected chi connectivity index (χ0v) is 24.5. The van der Waals surface area contributed by atoms with Crippen molar-refractivity contribution in [3.05, 3.63) is 83.4 Å². The summed E-state index contributed by atoms with van der Waals surface area (Å²) in [5.74, 6) is -1.42. The van der Waals surface area contributed by atoms with E-state index in [2.05, 4.69) is 0 Å². The minimum absolute atomic E-state index is 0.0326. The number of esters is 2. The Hall–Kier alpha value is -4.88. The predicted octanol–water partition coefficient (Wildman–Crippen LogP) is 7.31. The molecule has 3 rings (SSSR count). The van der Waals surface area contributed by atoms with Crippen molar-refractivity contribution in [1.82, 2.24) is 0 Å². The number of hydrogen-bond acceptors (Lipinski definition) is 8. The van der Waals surface area contributed by atoms with Crippen LogP contribution in [-0.4, -0.2) is 44.1 Å². The van der Waals surface area contributed by atoms with Crippen LogP contribution in [-0.2, 0) is 16.0 Å². The number of anilines is 2. The van der Waals surface area contributed by atoms with Crippen LogP contribution in [0.5, 0.6) is 17.2 Å². The summed E-state index contributed by atoms with van der Waals surface area (Å²) in [6.45, 7) is -0.603. The molecule has 0 saturated carbocycles. The van der Waals surface area contributed by atoms with Gasteiger partial charge in [0.2, 0.25) is 0 Å².